The molecule has 1 aromatic heterocycles. The third-order valence-corrected chi connectivity index (χ3v) is 1.53. The van der Waals surface area contributed by atoms with Gasteiger partial charge < -0.3 is 0 Å². The SMILES string of the molecule is CC(C#N)C(=O)Nc1ncnn1C. The Kier molecular flexibility index (Phi) is 2.59. The van der Waals surface area contributed by atoms with Gasteiger partial charge in [-0.25, -0.2) is 4.68 Å². The maximum absolute atomic E-state index is 11.2. The number of amides is 1. The summed E-state index contributed by atoms with van der Waals surface area (Å²) in [5.41, 5.74) is 0. The van der Waals surface area contributed by atoms with Crippen molar-refractivity contribution in [3.8, 4) is 6.07 Å². The molecule has 1 rings (SSSR count). The van der Waals surface area contributed by atoms with Crippen molar-refractivity contribution in [3.63, 3.8) is 0 Å². The predicted molar refractivity (Wildman–Crippen MR) is 44.4 cm³/mol. The van der Waals surface area contributed by atoms with Crippen molar-refractivity contribution >= 4 is 11.9 Å². The highest BCUT2D eigenvalue weighted by molar-refractivity contribution is 5.92. The second-order valence-electron chi connectivity index (χ2n) is 2.55. The first kappa shape index (κ1) is 9.19. The summed E-state index contributed by atoms with van der Waals surface area (Å²) in [7, 11) is 1.65. The third kappa shape index (κ3) is 2.02. The van der Waals surface area contributed by atoms with Crippen molar-refractivity contribution in [1.29, 1.82) is 5.26 Å². The monoisotopic (exact) mass is 179 g/mol. The summed E-state index contributed by atoms with van der Waals surface area (Å²) < 4.78 is 1.42. The molecule has 0 saturated heterocycles. The fourth-order valence-electron chi connectivity index (χ4n) is 0.686. The van der Waals surface area contributed by atoms with Crippen LogP contribution >= 0.6 is 0 Å². The van der Waals surface area contributed by atoms with Crippen molar-refractivity contribution in [3.05, 3.63) is 6.33 Å². The van der Waals surface area contributed by atoms with E-state index in [2.05, 4.69) is 15.4 Å². The van der Waals surface area contributed by atoms with Gasteiger partial charge in [0.25, 0.3) is 0 Å². The van der Waals surface area contributed by atoms with Crippen LogP contribution < -0.4 is 5.32 Å². The fourth-order valence-corrected chi connectivity index (χ4v) is 0.686. The van der Waals surface area contributed by atoms with Crippen LogP contribution in [0.3, 0.4) is 0 Å². The number of aromatic nitrogens is 3. The van der Waals surface area contributed by atoms with Gasteiger partial charge in [0.1, 0.15) is 12.2 Å². The van der Waals surface area contributed by atoms with Crippen LogP contribution in [0.1, 0.15) is 6.92 Å². The first-order valence-electron chi connectivity index (χ1n) is 3.69. The Balaban J connectivity index is 2.66. The van der Waals surface area contributed by atoms with Crippen molar-refractivity contribution in [2.75, 3.05) is 5.32 Å². The molecular weight excluding hydrogens is 170 g/mol. The van der Waals surface area contributed by atoms with Gasteiger partial charge in [0, 0.05) is 7.05 Å². The van der Waals surface area contributed by atoms with Crippen LogP contribution in [-0.2, 0) is 11.8 Å². The van der Waals surface area contributed by atoms with Crippen molar-refractivity contribution in [2.24, 2.45) is 13.0 Å². The van der Waals surface area contributed by atoms with Gasteiger partial charge in [-0.1, -0.05) is 0 Å². The Morgan fingerprint density at radius 2 is 2.54 bits per heavy atom. The summed E-state index contributed by atoms with van der Waals surface area (Å²) in [5.74, 6) is -0.720. The van der Waals surface area contributed by atoms with E-state index < -0.39 is 5.92 Å². The molecule has 0 saturated carbocycles. The molecule has 1 aromatic rings. The molecular formula is C7H9N5O. The lowest BCUT2D eigenvalue weighted by Gasteiger charge is -2.03. The van der Waals surface area contributed by atoms with E-state index in [1.165, 1.54) is 17.9 Å². The van der Waals surface area contributed by atoms with Crippen LogP contribution in [0.2, 0.25) is 0 Å². The van der Waals surface area contributed by atoms with E-state index in [4.69, 9.17) is 5.26 Å². The molecule has 0 bridgehead atoms. The molecule has 13 heavy (non-hydrogen) atoms. The molecule has 0 aliphatic rings. The molecule has 0 fully saturated rings. The molecule has 1 heterocycles. The Morgan fingerprint density at radius 1 is 1.85 bits per heavy atom. The van der Waals surface area contributed by atoms with Crippen LogP contribution in [0.4, 0.5) is 5.95 Å². The van der Waals surface area contributed by atoms with Crippen molar-refractivity contribution in [1.82, 2.24) is 14.8 Å². The quantitative estimate of drug-likeness (QED) is 0.687. The summed E-state index contributed by atoms with van der Waals surface area (Å²) >= 11 is 0. The first-order chi connectivity index (χ1) is 6.15. The minimum absolute atomic E-state index is 0.340. The Hall–Kier alpha value is -1.90. The molecule has 0 aromatic carbocycles. The zero-order valence-electron chi connectivity index (χ0n) is 7.35. The smallest absolute Gasteiger partial charge is 0.243 e. The van der Waals surface area contributed by atoms with Gasteiger partial charge >= 0.3 is 0 Å². The van der Waals surface area contributed by atoms with Crippen LogP contribution in [0, 0.1) is 17.2 Å². The third-order valence-electron chi connectivity index (χ3n) is 1.53. The second-order valence-corrected chi connectivity index (χ2v) is 2.55. The average molecular weight is 179 g/mol. The van der Waals surface area contributed by atoms with E-state index in [0.29, 0.717) is 5.95 Å². The number of nitriles is 1. The van der Waals surface area contributed by atoms with E-state index in [1.54, 1.807) is 7.05 Å². The molecule has 68 valence electrons. The zero-order valence-corrected chi connectivity index (χ0v) is 7.35. The number of carbonyl (C=O) groups is 1. The molecule has 6 heteroatoms. The van der Waals surface area contributed by atoms with Crippen molar-refractivity contribution in [2.45, 2.75) is 6.92 Å². The number of rotatable bonds is 2. The summed E-state index contributed by atoms with van der Waals surface area (Å²) in [6.45, 7) is 1.52. The van der Waals surface area contributed by atoms with Crippen molar-refractivity contribution < 1.29 is 4.79 Å². The number of carbonyl (C=O) groups excluding carboxylic acids is 1. The lowest BCUT2D eigenvalue weighted by Crippen LogP contribution is -2.21. The molecule has 0 aliphatic heterocycles. The lowest BCUT2D eigenvalue weighted by atomic mass is 10.2. The molecule has 1 atom stereocenters. The highest BCUT2D eigenvalue weighted by Gasteiger charge is 2.13. The highest BCUT2D eigenvalue weighted by atomic mass is 16.2. The Morgan fingerprint density at radius 3 is 3.00 bits per heavy atom. The molecule has 1 unspecified atom stereocenters. The maximum atomic E-state index is 11.2. The molecule has 0 aliphatic carbocycles. The predicted octanol–water partition coefficient (Wildman–Crippen LogP) is -0.0867. The standard InChI is InChI=1S/C7H9N5O/c1-5(3-8)6(13)11-7-9-4-10-12(7)2/h4-5H,1-2H3,(H,9,10,11,13). The topological polar surface area (TPSA) is 83.6 Å². The summed E-state index contributed by atoms with van der Waals surface area (Å²) in [6.07, 6.45) is 1.33. The number of hydrogen-bond donors (Lipinski definition) is 1. The van der Waals surface area contributed by atoms with Gasteiger partial charge in [-0.05, 0) is 6.92 Å². The number of anilines is 1. The maximum Gasteiger partial charge on any atom is 0.243 e. The molecule has 1 amide bonds. The summed E-state index contributed by atoms with van der Waals surface area (Å²) in [6, 6.07) is 1.83. The number of nitrogens with one attached hydrogen (secondary N) is 1. The van der Waals surface area contributed by atoms with Crippen LogP contribution in [-0.4, -0.2) is 20.7 Å². The van der Waals surface area contributed by atoms with Crippen LogP contribution in [0.15, 0.2) is 6.33 Å². The van der Waals surface area contributed by atoms with Crippen LogP contribution in [0.5, 0.6) is 0 Å². The van der Waals surface area contributed by atoms with E-state index in [0.717, 1.165) is 0 Å². The minimum atomic E-state index is -0.684. The van der Waals surface area contributed by atoms with Crippen LogP contribution in [0.25, 0.3) is 0 Å². The van der Waals surface area contributed by atoms with Gasteiger partial charge in [0.2, 0.25) is 11.9 Å². The largest absolute Gasteiger partial charge is 0.294 e. The Labute approximate surface area is 75.2 Å². The number of nitrogens with zero attached hydrogens (tertiary/aromatic N) is 4. The molecule has 0 radical (unpaired) electrons. The molecule has 0 spiro atoms. The number of aryl methyl sites for hydroxylation is 1. The average Bonchev–Trinajstić information content (AvgIpc) is 2.50. The zero-order chi connectivity index (χ0) is 9.84. The van der Waals surface area contributed by atoms with Gasteiger partial charge in [0.15, 0.2) is 0 Å². The normalized spacial score (nSPS) is 11.8. The second kappa shape index (κ2) is 3.67. The van der Waals surface area contributed by atoms with Gasteiger partial charge in [-0.2, -0.15) is 15.3 Å². The first-order valence-corrected chi connectivity index (χ1v) is 3.69. The number of hydrogen-bond acceptors (Lipinski definition) is 4. The minimum Gasteiger partial charge on any atom is -0.294 e. The highest BCUT2D eigenvalue weighted by Crippen LogP contribution is 2.01. The Bertz CT molecular complexity index is 350. The van der Waals surface area contributed by atoms with Gasteiger partial charge in [-0.15, -0.1) is 0 Å². The van der Waals surface area contributed by atoms with Gasteiger partial charge in [0.05, 0.1) is 6.07 Å². The molecule has 1 N–H and O–H groups in total. The van der Waals surface area contributed by atoms with E-state index in [-0.39, 0.29) is 5.91 Å². The fraction of sp³-hybridized carbons (Fsp3) is 0.429. The lowest BCUT2D eigenvalue weighted by molar-refractivity contribution is -0.118. The van der Waals surface area contributed by atoms with E-state index in [1.807, 2.05) is 6.07 Å². The summed E-state index contributed by atoms with van der Waals surface area (Å²) in [4.78, 5) is 15.0. The summed E-state index contributed by atoms with van der Waals surface area (Å²) in [5, 5.41) is 14.7. The van der Waals surface area contributed by atoms with E-state index in [9.17, 15) is 4.79 Å². The molecule has 6 nitrogen and oxygen atoms in total. The van der Waals surface area contributed by atoms with E-state index >= 15 is 0 Å². The van der Waals surface area contributed by atoms with Gasteiger partial charge in [-0.3, -0.25) is 10.1 Å².